The third kappa shape index (κ3) is 5.88. The van der Waals surface area contributed by atoms with Crippen LogP contribution in [0.15, 0.2) is 51.9 Å². The average molecular weight is 576 g/mol. The Morgan fingerprint density at radius 2 is 1.42 bits per heavy atom. The van der Waals surface area contributed by atoms with E-state index in [1.165, 1.54) is 6.33 Å². The fourth-order valence-corrected chi connectivity index (χ4v) is 4.52. The van der Waals surface area contributed by atoms with Gasteiger partial charge in [-0.2, -0.15) is 0 Å². The second kappa shape index (κ2) is 10.3. The minimum atomic E-state index is -0.0369. The van der Waals surface area contributed by atoms with E-state index >= 15 is 0 Å². The number of nitrogens with one attached hydrogen (secondary N) is 2. The van der Waals surface area contributed by atoms with Crippen molar-refractivity contribution in [1.29, 1.82) is 0 Å². The van der Waals surface area contributed by atoms with Gasteiger partial charge in [-0.05, 0) is 48.2 Å². The van der Waals surface area contributed by atoms with Gasteiger partial charge in [-0.25, -0.2) is 9.97 Å². The molecule has 2 amide bonds. The van der Waals surface area contributed by atoms with Gasteiger partial charge < -0.3 is 20.5 Å². The summed E-state index contributed by atoms with van der Waals surface area (Å²) >= 11 is 6.75. The lowest BCUT2D eigenvalue weighted by Crippen LogP contribution is -2.19. The van der Waals surface area contributed by atoms with Crippen molar-refractivity contribution in [3.05, 3.63) is 68.6 Å². The number of benzene rings is 2. The zero-order valence-corrected chi connectivity index (χ0v) is 20.6. The van der Waals surface area contributed by atoms with E-state index in [1.807, 2.05) is 18.2 Å². The maximum absolute atomic E-state index is 11.5. The molecule has 1 aromatic heterocycles. The minimum Gasteiger partial charge on any atom is -0.506 e. The first kappa shape index (κ1) is 23.2. The zero-order chi connectivity index (χ0) is 23.4. The summed E-state index contributed by atoms with van der Waals surface area (Å²) < 4.78 is 7.56. The number of halogens is 2. The monoisotopic (exact) mass is 574 g/mol. The second-order valence-corrected chi connectivity index (χ2v) is 9.36. The van der Waals surface area contributed by atoms with Gasteiger partial charge in [-0.1, -0.05) is 31.9 Å². The number of ether oxygens (including phenoxy) is 1. The van der Waals surface area contributed by atoms with Gasteiger partial charge in [0.05, 0.1) is 11.4 Å². The summed E-state index contributed by atoms with van der Waals surface area (Å²) in [6.45, 7) is 0.361. The van der Waals surface area contributed by atoms with E-state index < -0.39 is 0 Å². The molecular formula is C23H20Br2N4O4. The Hall–Kier alpha value is -2.98. The van der Waals surface area contributed by atoms with E-state index in [4.69, 9.17) is 4.74 Å². The molecule has 0 saturated carbocycles. The normalized spacial score (nSPS) is 14.1. The number of nitrogens with zero attached hydrogens (tertiary/aromatic N) is 2. The maximum Gasteiger partial charge on any atom is 0.224 e. The molecule has 0 unspecified atom stereocenters. The van der Waals surface area contributed by atoms with E-state index in [1.54, 1.807) is 18.5 Å². The Morgan fingerprint density at radius 3 is 2.09 bits per heavy atom. The Labute approximate surface area is 207 Å². The van der Waals surface area contributed by atoms with Crippen LogP contribution in [-0.4, -0.2) is 26.9 Å². The molecule has 8 nitrogen and oxygen atoms in total. The predicted molar refractivity (Wildman–Crippen MR) is 130 cm³/mol. The number of phenolic OH excluding ortho intramolecular Hbond substituents is 1. The molecule has 0 atom stereocenters. The smallest absolute Gasteiger partial charge is 0.224 e. The van der Waals surface area contributed by atoms with Crippen LogP contribution in [0.3, 0.4) is 0 Å². The van der Waals surface area contributed by atoms with E-state index in [2.05, 4.69) is 52.5 Å². The number of aromatic nitrogens is 2. The molecule has 170 valence electrons. The molecule has 2 aliphatic rings. The highest BCUT2D eigenvalue weighted by Crippen LogP contribution is 2.36. The van der Waals surface area contributed by atoms with Gasteiger partial charge in [-0.3, -0.25) is 9.59 Å². The third-order valence-corrected chi connectivity index (χ3v) is 6.01. The van der Waals surface area contributed by atoms with Crippen molar-refractivity contribution in [3.8, 4) is 11.5 Å². The molecule has 10 heteroatoms. The molecular weight excluding hydrogens is 556 g/mol. The SMILES string of the molecule is O=C1CCc2cc(Br)cc(O)c2N1.O=C1CCc2cc(Br)cc(OCc3cncnc3)c2N1. The molecule has 2 aromatic carbocycles. The summed E-state index contributed by atoms with van der Waals surface area (Å²) in [5, 5.41) is 15.0. The van der Waals surface area contributed by atoms with Crippen LogP contribution in [0.1, 0.15) is 29.5 Å². The van der Waals surface area contributed by atoms with Gasteiger partial charge in [0.25, 0.3) is 0 Å². The number of carbonyl (C=O) groups is 2. The van der Waals surface area contributed by atoms with Gasteiger partial charge in [0.2, 0.25) is 11.8 Å². The summed E-state index contributed by atoms with van der Waals surface area (Å²) in [4.78, 5) is 30.5. The van der Waals surface area contributed by atoms with Gasteiger partial charge in [0.1, 0.15) is 24.4 Å². The van der Waals surface area contributed by atoms with Crippen molar-refractivity contribution >= 4 is 55.0 Å². The number of rotatable bonds is 3. The van der Waals surface area contributed by atoms with Crippen molar-refractivity contribution in [2.75, 3.05) is 10.6 Å². The van der Waals surface area contributed by atoms with Crippen LogP contribution in [0.25, 0.3) is 0 Å². The summed E-state index contributed by atoms with van der Waals surface area (Å²) in [6, 6.07) is 7.35. The Kier molecular flexibility index (Phi) is 7.24. The van der Waals surface area contributed by atoms with Crippen LogP contribution in [0.5, 0.6) is 11.5 Å². The molecule has 33 heavy (non-hydrogen) atoms. The lowest BCUT2D eigenvalue weighted by Gasteiger charge is -2.20. The van der Waals surface area contributed by atoms with Crippen LogP contribution < -0.4 is 15.4 Å². The Bertz CT molecular complexity index is 1200. The number of aryl methyl sites for hydroxylation is 2. The number of fused-ring (bicyclic) bond motifs is 2. The number of anilines is 2. The third-order valence-electron chi connectivity index (χ3n) is 5.09. The van der Waals surface area contributed by atoms with Crippen molar-refractivity contribution < 1.29 is 19.4 Å². The highest BCUT2D eigenvalue weighted by molar-refractivity contribution is 9.10. The van der Waals surface area contributed by atoms with Crippen molar-refractivity contribution in [2.24, 2.45) is 0 Å². The summed E-state index contributed by atoms with van der Waals surface area (Å²) in [6.07, 6.45) is 7.30. The maximum atomic E-state index is 11.5. The second-order valence-electron chi connectivity index (χ2n) is 7.53. The zero-order valence-electron chi connectivity index (χ0n) is 17.4. The first-order chi connectivity index (χ1) is 15.9. The van der Waals surface area contributed by atoms with E-state index in [0.29, 0.717) is 37.3 Å². The molecule has 0 saturated heterocycles. The standard InChI is InChI=1S/C14H12BrN3O2.C9H8BrNO2/c15-11-3-10-1-2-13(19)18-14(10)12(4-11)20-7-9-5-16-8-17-6-9;10-6-3-5-1-2-8(13)11-9(5)7(12)4-6/h3-6,8H,1-2,7H2,(H,18,19);3-4,12H,1-2H2,(H,11,13). The molecule has 5 rings (SSSR count). The average Bonchev–Trinajstić information content (AvgIpc) is 2.79. The highest BCUT2D eigenvalue weighted by atomic mass is 79.9. The first-order valence-corrected chi connectivity index (χ1v) is 11.8. The van der Waals surface area contributed by atoms with Crippen molar-refractivity contribution in [1.82, 2.24) is 9.97 Å². The molecule has 0 fully saturated rings. The molecule has 3 N–H and O–H groups in total. The lowest BCUT2D eigenvalue weighted by molar-refractivity contribution is -0.117. The highest BCUT2D eigenvalue weighted by Gasteiger charge is 2.20. The van der Waals surface area contributed by atoms with Crippen LogP contribution >= 0.6 is 31.9 Å². The quantitative estimate of drug-likeness (QED) is 0.389. The molecule has 3 heterocycles. The number of aromatic hydroxyl groups is 1. The Balaban J connectivity index is 0.000000172. The van der Waals surface area contributed by atoms with Gasteiger partial charge >= 0.3 is 0 Å². The van der Waals surface area contributed by atoms with Gasteiger partial charge in [0, 0.05) is 39.7 Å². The number of hydrogen-bond donors (Lipinski definition) is 3. The number of amides is 2. The van der Waals surface area contributed by atoms with E-state index in [9.17, 15) is 14.7 Å². The van der Waals surface area contributed by atoms with Crippen LogP contribution in [0.4, 0.5) is 11.4 Å². The number of hydrogen-bond acceptors (Lipinski definition) is 6. The van der Waals surface area contributed by atoms with Crippen molar-refractivity contribution in [2.45, 2.75) is 32.3 Å². The molecule has 0 aliphatic carbocycles. The number of phenols is 1. The molecule has 0 spiro atoms. The van der Waals surface area contributed by atoms with Gasteiger partial charge in [0.15, 0.2) is 0 Å². The molecule has 0 radical (unpaired) electrons. The Morgan fingerprint density at radius 1 is 0.848 bits per heavy atom. The fraction of sp³-hybridized carbons (Fsp3) is 0.217. The summed E-state index contributed by atoms with van der Waals surface area (Å²) in [5.41, 5.74) is 4.26. The number of carbonyl (C=O) groups excluding carboxylic acids is 2. The molecule has 2 aliphatic heterocycles. The van der Waals surface area contributed by atoms with Crippen LogP contribution in [-0.2, 0) is 29.0 Å². The fourth-order valence-electron chi connectivity index (χ4n) is 3.54. The van der Waals surface area contributed by atoms with Gasteiger partial charge in [-0.15, -0.1) is 0 Å². The van der Waals surface area contributed by atoms with E-state index in [-0.39, 0.29) is 17.6 Å². The largest absolute Gasteiger partial charge is 0.506 e. The van der Waals surface area contributed by atoms with E-state index in [0.717, 1.165) is 37.7 Å². The lowest BCUT2D eigenvalue weighted by atomic mass is 10.0. The van der Waals surface area contributed by atoms with Crippen molar-refractivity contribution in [3.63, 3.8) is 0 Å². The first-order valence-electron chi connectivity index (χ1n) is 10.2. The topological polar surface area (TPSA) is 113 Å². The van der Waals surface area contributed by atoms with Crippen LogP contribution in [0.2, 0.25) is 0 Å². The summed E-state index contributed by atoms with van der Waals surface area (Å²) in [7, 11) is 0. The predicted octanol–water partition coefficient (Wildman–Crippen LogP) is 4.74. The van der Waals surface area contributed by atoms with Crippen LogP contribution in [0, 0.1) is 0 Å². The molecule has 0 bridgehead atoms. The summed E-state index contributed by atoms with van der Waals surface area (Å²) in [5.74, 6) is 0.765. The molecule has 3 aromatic rings. The minimum absolute atomic E-state index is 0.0210.